The van der Waals surface area contributed by atoms with Gasteiger partial charge in [0.25, 0.3) is 5.91 Å². The number of hydrogen-bond donors (Lipinski definition) is 0. The summed E-state index contributed by atoms with van der Waals surface area (Å²) >= 11 is 5.85. The monoisotopic (exact) mass is 475 g/mol. The molecule has 0 N–H and O–H groups in total. The van der Waals surface area contributed by atoms with Crippen molar-refractivity contribution in [1.82, 2.24) is 9.21 Å². The summed E-state index contributed by atoms with van der Waals surface area (Å²) in [5.74, 6) is -0.744. The van der Waals surface area contributed by atoms with Crippen molar-refractivity contribution < 1.29 is 22.8 Å². The van der Waals surface area contributed by atoms with Gasteiger partial charge in [-0.15, -0.1) is 0 Å². The standard InChI is InChI=1S/C22H22ClN3O5S/c1-15(27)16-2-6-18(7-3-16)26-21(28)14-20(22(26)29)24-10-12-25(13-11-24)32(30,31)19-8-4-17(23)5-9-19/h2-9,20H,10-14H2,1H3/t20-/m1/s1. The quantitative estimate of drug-likeness (QED) is 0.486. The van der Waals surface area contributed by atoms with E-state index in [-0.39, 0.29) is 42.0 Å². The first-order valence-electron chi connectivity index (χ1n) is 10.2. The molecule has 10 heteroatoms. The van der Waals surface area contributed by atoms with Gasteiger partial charge in [0.2, 0.25) is 15.9 Å². The molecule has 2 aromatic rings. The predicted octanol–water partition coefficient (Wildman–Crippen LogP) is 2.18. The van der Waals surface area contributed by atoms with Crippen molar-refractivity contribution in [2.45, 2.75) is 24.3 Å². The van der Waals surface area contributed by atoms with Crippen LogP contribution < -0.4 is 4.90 Å². The minimum Gasteiger partial charge on any atom is -0.295 e. The molecule has 0 unspecified atom stereocenters. The van der Waals surface area contributed by atoms with Crippen LogP contribution in [0.15, 0.2) is 53.4 Å². The molecule has 2 amide bonds. The van der Waals surface area contributed by atoms with Crippen LogP contribution in [0.4, 0.5) is 5.69 Å². The van der Waals surface area contributed by atoms with E-state index < -0.39 is 16.1 Å². The number of carbonyl (C=O) groups excluding carboxylic acids is 3. The lowest BCUT2D eigenvalue weighted by Crippen LogP contribution is -2.53. The molecule has 2 saturated heterocycles. The molecule has 0 spiro atoms. The molecule has 0 bridgehead atoms. The normalized spacial score (nSPS) is 20.7. The van der Waals surface area contributed by atoms with E-state index in [1.165, 1.54) is 35.5 Å². The Balaban J connectivity index is 1.44. The third-order valence-electron chi connectivity index (χ3n) is 5.82. The van der Waals surface area contributed by atoms with Gasteiger partial charge in [-0.05, 0) is 55.5 Å². The maximum atomic E-state index is 13.0. The number of anilines is 1. The van der Waals surface area contributed by atoms with Crippen molar-refractivity contribution in [1.29, 1.82) is 0 Å². The number of amides is 2. The number of carbonyl (C=O) groups is 3. The molecule has 0 aromatic heterocycles. The second-order valence-corrected chi connectivity index (χ2v) is 10.2. The summed E-state index contributed by atoms with van der Waals surface area (Å²) in [5.41, 5.74) is 0.930. The molecule has 2 aliphatic heterocycles. The van der Waals surface area contributed by atoms with Crippen molar-refractivity contribution in [3.8, 4) is 0 Å². The number of imide groups is 1. The Morgan fingerprint density at radius 1 is 0.938 bits per heavy atom. The number of hydrogen-bond acceptors (Lipinski definition) is 6. The number of nitrogens with zero attached hydrogens (tertiary/aromatic N) is 3. The zero-order valence-corrected chi connectivity index (χ0v) is 19.0. The van der Waals surface area contributed by atoms with Gasteiger partial charge in [0, 0.05) is 36.8 Å². The summed E-state index contributed by atoms with van der Waals surface area (Å²) in [5, 5.41) is 0.457. The number of piperazine rings is 1. The summed E-state index contributed by atoms with van der Waals surface area (Å²) in [6.07, 6.45) is 0.0389. The van der Waals surface area contributed by atoms with E-state index in [0.717, 1.165) is 4.90 Å². The van der Waals surface area contributed by atoms with Crippen LogP contribution in [0.2, 0.25) is 5.02 Å². The molecular formula is C22H22ClN3O5S. The number of ketones is 1. The molecule has 2 fully saturated rings. The highest BCUT2D eigenvalue weighted by atomic mass is 35.5. The molecule has 0 aliphatic carbocycles. The number of benzene rings is 2. The highest BCUT2D eigenvalue weighted by molar-refractivity contribution is 7.89. The summed E-state index contributed by atoms with van der Waals surface area (Å²) < 4.78 is 27.1. The number of rotatable bonds is 5. The van der Waals surface area contributed by atoms with Crippen LogP contribution in [0.3, 0.4) is 0 Å². The second kappa shape index (κ2) is 8.74. The summed E-state index contributed by atoms with van der Waals surface area (Å²) in [4.78, 5) is 40.2. The molecular weight excluding hydrogens is 454 g/mol. The van der Waals surface area contributed by atoms with Crippen LogP contribution in [-0.4, -0.2) is 67.4 Å². The molecule has 0 saturated carbocycles. The van der Waals surface area contributed by atoms with E-state index in [1.807, 2.05) is 4.90 Å². The highest BCUT2D eigenvalue weighted by Gasteiger charge is 2.44. The Hall–Kier alpha value is -2.59. The molecule has 8 nitrogen and oxygen atoms in total. The van der Waals surface area contributed by atoms with E-state index in [0.29, 0.717) is 29.4 Å². The smallest absolute Gasteiger partial charge is 0.251 e. The Kier molecular flexibility index (Phi) is 6.17. The molecule has 0 radical (unpaired) electrons. The molecule has 4 rings (SSSR count). The van der Waals surface area contributed by atoms with Crippen LogP contribution in [0.25, 0.3) is 0 Å². The zero-order chi connectivity index (χ0) is 23.0. The maximum absolute atomic E-state index is 13.0. The third kappa shape index (κ3) is 4.21. The number of halogens is 1. The molecule has 32 heavy (non-hydrogen) atoms. The second-order valence-electron chi connectivity index (χ2n) is 7.78. The van der Waals surface area contributed by atoms with Crippen molar-refractivity contribution in [2.24, 2.45) is 0 Å². The van der Waals surface area contributed by atoms with E-state index >= 15 is 0 Å². The third-order valence-corrected chi connectivity index (χ3v) is 7.99. The van der Waals surface area contributed by atoms with Crippen LogP contribution in [0, 0.1) is 0 Å². The lowest BCUT2D eigenvalue weighted by atomic mass is 10.1. The van der Waals surface area contributed by atoms with Crippen LogP contribution >= 0.6 is 11.6 Å². The Morgan fingerprint density at radius 3 is 2.09 bits per heavy atom. The molecule has 2 aliphatic rings. The van der Waals surface area contributed by atoms with Gasteiger partial charge in [-0.25, -0.2) is 13.3 Å². The van der Waals surface area contributed by atoms with Crippen molar-refractivity contribution in [2.75, 3.05) is 31.1 Å². The van der Waals surface area contributed by atoms with E-state index in [9.17, 15) is 22.8 Å². The number of sulfonamides is 1. The van der Waals surface area contributed by atoms with Gasteiger partial charge < -0.3 is 0 Å². The van der Waals surface area contributed by atoms with E-state index in [4.69, 9.17) is 11.6 Å². The molecule has 2 aromatic carbocycles. The Labute approximate surface area is 191 Å². The van der Waals surface area contributed by atoms with Gasteiger partial charge in [0.15, 0.2) is 5.78 Å². The first kappa shape index (κ1) is 22.6. The van der Waals surface area contributed by atoms with Crippen LogP contribution in [-0.2, 0) is 19.6 Å². The first-order valence-corrected chi connectivity index (χ1v) is 12.0. The summed E-state index contributed by atoms with van der Waals surface area (Å²) in [6, 6.07) is 11.7. The van der Waals surface area contributed by atoms with Gasteiger partial charge >= 0.3 is 0 Å². The fourth-order valence-corrected chi connectivity index (χ4v) is 5.58. The van der Waals surface area contributed by atoms with Gasteiger partial charge in [-0.2, -0.15) is 4.31 Å². The Morgan fingerprint density at radius 2 is 1.53 bits per heavy atom. The summed E-state index contributed by atoms with van der Waals surface area (Å²) in [6.45, 7) is 2.57. The molecule has 1 atom stereocenters. The van der Waals surface area contributed by atoms with Gasteiger partial charge in [0.05, 0.1) is 23.0 Å². The molecule has 168 valence electrons. The SMILES string of the molecule is CC(=O)c1ccc(N2C(=O)C[C@@H](N3CCN(S(=O)(=O)c4ccc(Cl)cc4)CC3)C2=O)cc1. The molecule has 2 heterocycles. The van der Waals surface area contributed by atoms with Crippen molar-refractivity contribution >= 4 is 44.9 Å². The topological polar surface area (TPSA) is 95.1 Å². The van der Waals surface area contributed by atoms with E-state index in [1.54, 1.807) is 24.3 Å². The van der Waals surface area contributed by atoms with Crippen molar-refractivity contribution in [3.63, 3.8) is 0 Å². The lowest BCUT2D eigenvalue weighted by molar-refractivity contribution is -0.123. The van der Waals surface area contributed by atoms with Gasteiger partial charge in [-0.3, -0.25) is 19.3 Å². The average Bonchev–Trinajstić information content (AvgIpc) is 3.08. The van der Waals surface area contributed by atoms with E-state index in [2.05, 4.69) is 0 Å². The minimum atomic E-state index is -3.66. The largest absolute Gasteiger partial charge is 0.295 e. The van der Waals surface area contributed by atoms with Crippen molar-refractivity contribution in [3.05, 3.63) is 59.1 Å². The maximum Gasteiger partial charge on any atom is 0.251 e. The number of Topliss-reactive ketones (excluding diaryl/α,β-unsaturated/α-hetero) is 1. The predicted molar refractivity (Wildman–Crippen MR) is 119 cm³/mol. The van der Waals surface area contributed by atoms with Crippen LogP contribution in [0.1, 0.15) is 23.7 Å². The lowest BCUT2D eigenvalue weighted by Gasteiger charge is -2.36. The first-order chi connectivity index (χ1) is 15.2. The fraction of sp³-hybridized carbons (Fsp3) is 0.318. The minimum absolute atomic E-state index is 0.0389. The zero-order valence-electron chi connectivity index (χ0n) is 17.4. The van der Waals surface area contributed by atoms with Gasteiger partial charge in [-0.1, -0.05) is 11.6 Å². The summed E-state index contributed by atoms with van der Waals surface area (Å²) in [7, 11) is -3.66. The Bertz CT molecular complexity index is 1160. The fourth-order valence-electron chi connectivity index (χ4n) is 4.03. The highest BCUT2D eigenvalue weighted by Crippen LogP contribution is 2.28. The average molecular weight is 476 g/mol. The van der Waals surface area contributed by atoms with Gasteiger partial charge in [0.1, 0.15) is 0 Å². The van der Waals surface area contributed by atoms with Crippen LogP contribution in [0.5, 0.6) is 0 Å².